The number of nitrogen functional groups attached to an aromatic ring is 1. The quantitative estimate of drug-likeness (QED) is 0.119. The summed E-state index contributed by atoms with van der Waals surface area (Å²) in [6, 6.07) is 21.8. The van der Waals surface area contributed by atoms with E-state index in [9.17, 15) is 19.2 Å². The minimum absolute atomic E-state index is 0.112. The van der Waals surface area contributed by atoms with Crippen LogP contribution < -0.4 is 36.8 Å². The van der Waals surface area contributed by atoms with Gasteiger partial charge in [0.05, 0.1) is 42.5 Å². The number of benzene rings is 2. The monoisotopic (exact) mass is 804 g/mol. The van der Waals surface area contributed by atoms with Gasteiger partial charge >= 0.3 is 12.2 Å². The van der Waals surface area contributed by atoms with Gasteiger partial charge in [-0.15, -0.1) is 22.7 Å². The van der Waals surface area contributed by atoms with Crippen LogP contribution in [-0.2, 0) is 9.47 Å². The molecule has 0 aliphatic carbocycles. The van der Waals surface area contributed by atoms with Crippen molar-refractivity contribution in [3.05, 3.63) is 82.6 Å². The fraction of sp³-hybridized carbons (Fsp3) is 0.400. The second-order valence-electron chi connectivity index (χ2n) is 15.1. The third-order valence-electron chi connectivity index (χ3n) is 8.32. The molecule has 2 aliphatic heterocycles. The van der Waals surface area contributed by atoms with Gasteiger partial charge in [0, 0.05) is 52.4 Å². The number of hydrogen-bond donors (Lipinski definition) is 5. The number of nitrogens with one attached hydrogen (secondary N) is 4. The van der Waals surface area contributed by atoms with Gasteiger partial charge in [-0.25, -0.2) is 9.59 Å². The zero-order chi connectivity index (χ0) is 40.5. The third kappa shape index (κ3) is 12.3. The first-order valence-corrected chi connectivity index (χ1v) is 20.1. The summed E-state index contributed by atoms with van der Waals surface area (Å²) in [6.07, 6.45) is -0.898. The number of carbonyl (C=O) groups excluding carboxylic acids is 4. The molecule has 6 N–H and O–H groups in total. The van der Waals surface area contributed by atoms with Crippen LogP contribution in [0.25, 0.3) is 0 Å². The first-order chi connectivity index (χ1) is 26.5. The van der Waals surface area contributed by atoms with Gasteiger partial charge in [0.25, 0.3) is 11.8 Å². The SMILES string of the molecule is CC(C)(C)OC(=O)Nc1ccccc1NC(=O)c1ccc(N2CCN(C(=O)OC(C)(C)C)CC2)s1.Nc1ccccc1NC(=O)c1ccc(N2CCNCC2)s1. The van der Waals surface area contributed by atoms with E-state index >= 15 is 0 Å². The number of hydrogen-bond acceptors (Lipinski definition) is 12. The van der Waals surface area contributed by atoms with E-state index in [2.05, 4.69) is 31.1 Å². The highest BCUT2D eigenvalue weighted by Gasteiger charge is 2.27. The van der Waals surface area contributed by atoms with Crippen LogP contribution in [0.1, 0.15) is 60.9 Å². The molecule has 2 saturated heterocycles. The molecule has 0 saturated carbocycles. The van der Waals surface area contributed by atoms with Gasteiger partial charge in [-0.05, 0) is 90.1 Å². The Kier molecular flexibility index (Phi) is 13.9. The van der Waals surface area contributed by atoms with Crippen molar-refractivity contribution in [2.45, 2.75) is 52.7 Å². The van der Waals surface area contributed by atoms with Crippen LogP contribution in [0.4, 0.5) is 42.3 Å². The smallest absolute Gasteiger partial charge is 0.412 e. The molecular weight excluding hydrogens is 753 g/mol. The fourth-order valence-electron chi connectivity index (χ4n) is 5.65. The van der Waals surface area contributed by atoms with Crippen LogP contribution in [0.3, 0.4) is 0 Å². The molecule has 2 aromatic heterocycles. The van der Waals surface area contributed by atoms with E-state index in [1.807, 2.05) is 51.1 Å². The summed E-state index contributed by atoms with van der Waals surface area (Å²) >= 11 is 2.90. The molecule has 0 atom stereocenters. The largest absolute Gasteiger partial charge is 0.444 e. The predicted molar refractivity (Wildman–Crippen MR) is 227 cm³/mol. The molecule has 16 heteroatoms. The number of nitrogens with two attached hydrogens (primary N) is 1. The normalized spacial score (nSPS) is 14.6. The van der Waals surface area contributed by atoms with Gasteiger partial charge in [0.1, 0.15) is 11.2 Å². The Bertz CT molecular complexity index is 1970. The molecular formula is C40H52N8O6S2. The van der Waals surface area contributed by atoms with E-state index in [4.69, 9.17) is 15.2 Å². The minimum Gasteiger partial charge on any atom is -0.444 e. The number of ether oxygens (including phenoxy) is 2. The molecule has 2 aliphatic rings. The maximum atomic E-state index is 12.9. The van der Waals surface area contributed by atoms with Crippen molar-refractivity contribution in [1.29, 1.82) is 0 Å². The molecule has 4 heterocycles. The summed E-state index contributed by atoms with van der Waals surface area (Å²) in [7, 11) is 0. The molecule has 300 valence electrons. The highest BCUT2D eigenvalue weighted by molar-refractivity contribution is 7.18. The molecule has 14 nitrogen and oxygen atoms in total. The van der Waals surface area contributed by atoms with Crippen LogP contribution in [0.2, 0.25) is 0 Å². The van der Waals surface area contributed by atoms with Crippen molar-refractivity contribution in [3.63, 3.8) is 0 Å². The van der Waals surface area contributed by atoms with Gasteiger partial charge in [0.15, 0.2) is 0 Å². The fourth-order valence-corrected chi connectivity index (χ4v) is 7.56. The van der Waals surface area contributed by atoms with Crippen LogP contribution in [0.15, 0.2) is 72.8 Å². The topological polar surface area (TPSA) is 171 Å². The average Bonchev–Trinajstić information content (AvgIpc) is 3.85. The first kappa shape index (κ1) is 41.8. The molecule has 56 heavy (non-hydrogen) atoms. The zero-order valence-corrected chi connectivity index (χ0v) is 34.4. The van der Waals surface area contributed by atoms with E-state index < -0.39 is 17.3 Å². The van der Waals surface area contributed by atoms with Crippen molar-refractivity contribution in [2.75, 3.05) is 83.8 Å². The Balaban J connectivity index is 0.000000242. The van der Waals surface area contributed by atoms with E-state index in [-0.39, 0.29) is 17.9 Å². The molecule has 6 rings (SSSR count). The number of anilines is 6. The molecule has 0 unspecified atom stereocenters. The van der Waals surface area contributed by atoms with E-state index in [0.717, 1.165) is 36.2 Å². The number of amides is 4. The predicted octanol–water partition coefficient (Wildman–Crippen LogP) is 7.40. The standard InChI is InChI=1S/C25H34N4O5S.C15H18N4OS/c1-24(2,3)33-22(31)27-18-10-8-7-9-17(18)26-21(30)19-11-12-20(35-19)28-13-15-29(16-14-28)23(32)34-25(4,5)6;16-11-3-1-2-4-12(11)18-15(20)13-5-6-14(21-13)19-9-7-17-8-10-19/h7-12H,13-16H2,1-6H3,(H,26,30)(H,27,31);1-6,17H,7-10,16H2,(H,18,20). The lowest BCUT2D eigenvalue weighted by atomic mass is 10.2. The van der Waals surface area contributed by atoms with Gasteiger partial charge in [-0.2, -0.15) is 0 Å². The van der Waals surface area contributed by atoms with Crippen LogP contribution >= 0.6 is 22.7 Å². The second-order valence-corrected chi connectivity index (χ2v) is 17.3. The van der Waals surface area contributed by atoms with Gasteiger partial charge in [-0.3, -0.25) is 14.9 Å². The van der Waals surface area contributed by atoms with Gasteiger partial charge < -0.3 is 45.9 Å². The summed E-state index contributed by atoms with van der Waals surface area (Å²) in [5.74, 6) is -0.383. The van der Waals surface area contributed by atoms with Crippen molar-refractivity contribution in [1.82, 2.24) is 10.2 Å². The number of nitrogens with zero attached hydrogens (tertiary/aromatic N) is 3. The van der Waals surface area contributed by atoms with Crippen molar-refractivity contribution in [2.24, 2.45) is 0 Å². The molecule has 0 radical (unpaired) electrons. The molecule has 0 bridgehead atoms. The molecule has 4 aromatic rings. The lowest BCUT2D eigenvalue weighted by molar-refractivity contribution is 0.0240. The van der Waals surface area contributed by atoms with E-state index in [0.29, 0.717) is 58.7 Å². The number of para-hydroxylation sites is 4. The minimum atomic E-state index is -0.631. The number of carbonyl (C=O) groups is 4. The molecule has 0 spiro atoms. The number of piperazine rings is 2. The highest BCUT2D eigenvalue weighted by Crippen LogP contribution is 2.30. The Morgan fingerprint density at radius 2 is 1.07 bits per heavy atom. The summed E-state index contributed by atoms with van der Waals surface area (Å²) in [5.41, 5.74) is 6.84. The molecule has 4 amide bonds. The van der Waals surface area contributed by atoms with Crippen LogP contribution in [0.5, 0.6) is 0 Å². The Labute approximate surface area is 336 Å². The first-order valence-electron chi connectivity index (χ1n) is 18.5. The van der Waals surface area contributed by atoms with Crippen LogP contribution in [-0.4, -0.2) is 92.5 Å². The highest BCUT2D eigenvalue weighted by atomic mass is 32.1. The second kappa shape index (κ2) is 18.5. The number of thiophene rings is 2. The number of rotatable bonds is 7. The maximum Gasteiger partial charge on any atom is 0.412 e. The lowest BCUT2D eigenvalue weighted by Gasteiger charge is -2.36. The Morgan fingerprint density at radius 3 is 1.59 bits per heavy atom. The van der Waals surface area contributed by atoms with Crippen LogP contribution in [0, 0.1) is 0 Å². The molecule has 2 aromatic carbocycles. The third-order valence-corrected chi connectivity index (χ3v) is 10.6. The summed E-state index contributed by atoms with van der Waals surface area (Å²) in [5, 5.41) is 13.8. The van der Waals surface area contributed by atoms with E-state index in [1.165, 1.54) is 22.7 Å². The molecule has 2 fully saturated rings. The summed E-state index contributed by atoms with van der Waals surface area (Å²) in [6.45, 7) is 17.3. The van der Waals surface area contributed by atoms with Crippen molar-refractivity contribution >= 4 is 79.4 Å². The van der Waals surface area contributed by atoms with Gasteiger partial charge in [0.2, 0.25) is 0 Å². The Morgan fingerprint density at radius 1 is 0.607 bits per heavy atom. The van der Waals surface area contributed by atoms with Crippen molar-refractivity contribution in [3.8, 4) is 0 Å². The van der Waals surface area contributed by atoms with Crippen molar-refractivity contribution < 1.29 is 28.7 Å². The van der Waals surface area contributed by atoms with E-state index in [1.54, 1.807) is 68.1 Å². The van der Waals surface area contributed by atoms with Gasteiger partial charge in [-0.1, -0.05) is 24.3 Å². The lowest BCUT2D eigenvalue weighted by Crippen LogP contribution is -2.49. The summed E-state index contributed by atoms with van der Waals surface area (Å²) in [4.78, 5) is 57.1. The maximum absolute atomic E-state index is 12.9. The zero-order valence-electron chi connectivity index (χ0n) is 32.8. The summed E-state index contributed by atoms with van der Waals surface area (Å²) < 4.78 is 10.8. The Hall–Kier alpha value is -5.32. The average molecular weight is 805 g/mol.